The lowest BCUT2D eigenvalue weighted by molar-refractivity contribution is 0.613. The fraction of sp³-hybridized carbons (Fsp3) is 0.500. The maximum Gasteiger partial charge on any atom is 0.123 e. The number of aromatic amines is 2. The molecule has 2 saturated heterocycles. The van der Waals surface area contributed by atoms with E-state index in [4.69, 9.17) is 9.97 Å². The zero-order chi connectivity index (χ0) is 27.4. The van der Waals surface area contributed by atoms with Gasteiger partial charge in [0, 0.05) is 11.1 Å². The van der Waals surface area contributed by atoms with Gasteiger partial charge in [-0.15, -0.1) is 0 Å². The number of imidazole rings is 2. The zero-order valence-electron chi connectivity index (χ0n) is 24.3. The highest BCUT2D eigenvalue weighted by Crippen LogP contribution is 2.62. The summed E-state index contributed by atoms with van der Waals surface area (Å²) < 4.78 is 0. The lowest BCUT2D eigenvalue weighted by Crippen LogP contribution is -2.14. The smallest absolute Gasteiger partial charge is 0.123 e. The fourth-order valence-corrected chi connectivity index (χ4v) is 10.1. The summed E-state index contributed by atoms with van der Waals surface area (Å²) in [5.74, 6) is 4.99. The van der Waals surface area contributed by atoms with Crippen LogP contribution in [0.2, 0.25) is 0 Å². The molecule has 2 saturated carbocycles. The average Bonchev–Trinajstić information content (AvgIpc) is 3.89. The topological polar surface area (TPSA) is 81.4 Å². The van der Waals surface area contributed by atoms with Crippen molar-refractivity contribution in [2.45, 2.75) is 100.0 Å². The molecule has 0 radical (unpaired) electrons. The molecule has 4 heterocycles. The molecule has 10 rings (SSSR count). The third-order valence-corrected chi connectivity index (χ3v) is 11.9. The fourth-order valence-electron chi connectivity index (χ4n) is 10.1. The van der Waals surface area contributed by atoms with Crippen molar-refractivity contribution in [3.05, 3.63) is 70.6 Å². The molecule has 4 aliphatic carbocycles. The van der Waals surface area contributed by atoms with Gasteiger partial charge in [-0.25, -0.2) is 9.97 Å². The number of hydrogen-bond acceptors (Lipinski definition) is 4. The summed E-state index contributed by atoms with van der Waals surface area (Å²) >= 11 is 0. The van der Waals surface area contributed by atoms with E-state index in [0.29, 0.717) is 35.8 Å². The number of fused-ring (bicyclic) bond motifs is 10. The molecule has 2 aromatic carbocycles. The van der Waals surface area contributed by atoms with E-state index in [1.165, 1.54) is 97.8 Å². The summed E-state index contributed by atoms with van der Waals surface area (Å²) in [7, 11) is 0. The van der Waals surface area contributed by atoms with Crippen molar-refractivity contribution in [1.29, 1.82) is 0 Å². The van der Waals surface area contributed by atoms with Crippen molar-refractivity contribution in [2.75, 3.05) is 13.1 Å². The van der Waals surface area contributed by atoms with E-state index in [2.05, 4.69) is 57.3 Å². The van der Waals surface area contributed by atoms with Crippen molar-refractivity contribution in [3.63, 3.8) is 0 Å². The predicted octanol–water partition coefficient (Wildman–Crippen LogP) is 7.71. The van der Waals surface area contributed by atoms with Gasteiger partial charge in [0.2, 0.25) is 0 Å². The Morgan fingerprint density at radius 1 is 0.500 bits per heavy atom. The van der Waals surface area contributed by atoms with Gasteiger partial charge in [-0.3, -0.25) is 0 Å². The number of hydrogen-bond donors (Lipinski definition) is 4. The molecule has 4 fully saturated rings. The van der Waals surface area contributed by atoms with Crippen LogP contribution in [0.1, 0.15) is 134 Å². The number of aromatic nitrogens is 4. The van der Waals surface area contributed by atoms with Crippen molar-refractivity contribution >= 4 is 0 Å². The Labute approximate surface area is 247 Å². The zero-order valence-corrected chi connectivity index (χ0v) is 24.3. The minimum absolute atomic E-state index is 0.374. The van der Waals surface area contributed by atoms with Crippen LogP contribution in [0.25, 0.3) is 33.6 Å². The largest absolute Gasteiger partial charge is 0.341 e. The summed E-state index contributed by atoms with van der Waals surface area (Å²) in [5.41, 5.74) is 14.8. The molecule has 6 nitrogen and oxygen atoms in total. The van der Waals surface area contributed by atoms with Crippen LogP contribution >= 0.6 is 0 Å². The van der Waals surface area contributed by atoms with Crippen LogP contribution in [0.5, 0.6) is 0 Å². The van der Waals surface area contributed by atoms with Crippen molar-refractivity contribution in [2.24, 2.45) is 0 Å². The number of H-pyrrole nitrogens is 2. The first-order chi connectivity index (χ1) is 20.8. The highest BCUT2D eigenvalue weighted by Gasteiger charge is 2.44. The molecule has 2 aliphatic heterocycles. The molecular formula is C36H40N6. The van der Waals surface area contributed by atoms with Crippen molar-refractivity contribution in [1.82, 2.24) is 30.6 Å². The minimum Gasteiger partial charge on any atom is -0.341 e. The van der Waals surface area contributed by atoms with E-state index in [1.54, 1.807) is 22.3 Å². The van der Waals surface area contributed by atoms with E-state index in [-0.39, 0.29) is 0 Å². The Bertz CT molecular complexity index is 1570. The first-order valence-electron chi connectivity index (χ1n) is 16.7. The van der Waals surface area contributed by atoms with Crippen molar-refractivity contribution in [3.8, 4) is 33.6 Å². The molecule has 6 atom stereocenters. The minimum atomic E-state index is 0.374. The standard InChI is InChI=1S/C36H40N6/c1-3-27(37-13-1)35-39-17-29(41-35)25-11-9-23(31-19-5-7-21(15-19)33(25)31)24-10-12-26(34-22-8-6-20(16-22)32(24)34)30-18-40-36(42-30)28-4-2-14-38-28/h9-12,17-22,27-28,37-38H,1-8,13-16H2,(H,39,41)(H,40,42). The maximum absolute atomic E-state index is 4.85. The van der Waals surface area contributed by atoms with Crippen LogP contribution in [0.15, 0.2) is 36.7 Å². The molecular weight excluding hydrogens is 516 g/mol. The Morgan fingerprint density at radius 3 is 1.31 bits per heavy atom. The number of nitrogens with one attached hydrogen (secondary N) is 4. The second kappa shape index (κ2) is 9.14. The quantitative estimate of drug-likeness (QED) is 0.203. The van der Waals surface area contributed by atoms with Crippen LogP contribution in [0.3, 0.4) is 0 Å². The van der Waals surface area contributed by atoms with Gasteiger partial charge in [0.25, 0.3) is 0 Å². The van der Waals surface area contributed by atoms with Gasteiger partial charge in [-0.1, -0.05) is 24.3 Å². The van der Waals surface area contributed by atoms with E-state index in [9.17, 15) is 0 Å². The molecule has 4 N–H and O–H groups in total. The van der Waals surface area contributed by atoms with Gasteiger partial charge < -0.3 is 20.6 Å². The SMILES string of the molecule is c1nc(C2CCCN2)[nH]c1-c1ccc(-c2ccc(-c3cnc(C4CCCN4)[nH]3)c3c2C2CCC3C2)c2c1C1CCC2C1. The van der Waals surface area contributed by atoms with E-state index in [0.717, 1.165) is 24.7 Å². The van der Waals surface area contributed by atoms with Gasteiger partial charge in [0.15, 0.2) is 0 Å². The first-order valence-corrected chi connectivity index (χ1v) is 16.7. The highest BCUT2D eigenvalue weighted by atomic mass is 15.0. The third-order valence-electron chi connectivity index (χ3n) is 11.9. The van der Waals surface area contributed by atoms with Crippen LogP contribution in [-0.2, 0) is 0 Å². The summed E-state index contributed by atoms with van der Waals surface area (Å²) in [5, 5.41) is 7.23. The second-order valence-corrected chi connectivity index (χ2v) is 14.1. The molecule has 214 valence electrons. The molecule has 6 heteroatoms. The molecule has 6 aliphatic rings. The Hall–Kier alpha value is -3.22. The van der Waals surface area contributed by atoms with E-state index < -0.39 is 0 Å². The second-order valence-electron chi connectivity index (χ2n) is 14.1. The Balaban J connectivity index is 1.09. The van der Waals surface area contributed by atoms with Crippen LogP contribution in [0.4, 0.5) is 0 Å². The van der Waals surface area contributed by atoms with Gasteiger partial charge in [0.05, 0.1) is 35.9 Å². The summed E-state index contributed by atoms with van der Waals surface area (Å²) in [4.78, 5) is 17.2. The third kappa shape index (κ3) is 3.45. The maximum atomic E-state index is 4.85. The molecule has 0 amide bonds. The summed E-state index contributed by atoms with van der Waals surface area (Å²) in [6.45, 7) is 2.19. The average molecular weight is 557 g/mol. The van der Waals surface area contributed by atoms with Gasteiger partial charge >= 0.3 is 0 Å². The molecule has 0 spiro atoms. The predicted molar refractivity (Wildman–Crippen MR) is 166 cm³/mol. The monoisotopic (exact) mass is 556 g/mol. The molecule has 4 bridgehead atoms. The summed E-state index contributed by atoms with van der Waals surface area (Å²) in [6, 6.07) is 10.6. The lowest BCUT2D eigenvalue weighted by atomic mass is 9.78. The lowest BCUT2D eigenvalue weighted by Gasteiger charge is -2.26. The molecule has 6 unspecified atom stereocenters. The van der Waals surface area contributed by atoms with Gasteiger partial charge in [-0.2, -0.15) is 0 Å². The van der Waals surface area contributed by atoms with E-state index >= 15 is 0 Å². The summed E-state index contributed by atoms with van der Waals surface area (Å²) in [6.07, 6.45) is 17.0. The first kappa shape index (κ1) is 24.2. The van der Waals surface area contributed by atoms with E-state index in [1.807, 2.05) is 0 Å². The Kier molecular flexibility index (Phi) is 5.28. The van der Waals surface area contributed by atoms with Crippen LogP contribution in [-0.4, -0.2) is 33.0 Å². The molecule has 42 heavy (non-hydrogen) atoms. The number of rotatable bonds is 5. The number of benzene rings is 2. The molecule has 4 aromatic rings. The Morgan fingerprint density at radius 2 is 0.905 bits per heavy atom. The van der Waals surface area contributed by atoms with Gasteiger partial charge in [-0.05, 0) is 134 Å². The molecule has 2 aromatic heterocycles. The van der Waals surface area contributed by atoms with Crippen molar-refractivity contribution < 1.29 is 0 Å². The van der Waals surface area contributed by atoms with Gasteiger partial charge in [0.1, 0.15) is 11.6 Å². The highest BCUT2D eigenvalue weighted by molar-refractivity contribution is 5.85. The normalized spacial score (nSPS) is 30.5. The van der Waals surface area contributed by atoms with Crippen LogP contribution < -0.4 is 10.6 Å². The number of nitrogens with zero attached hydrogens (tertiary/aromatic N) is 2. The van der Waals surface area contributed by atoms with Crippen LogP contribution in [0, 0.1) is 0 Å².